The standard InChI is InChI=1S/C15H21F3N2/c1-3-14(4-2)7-8-20(10-14)11-5-6-13(19)12(9-11)15(16,17)18/h5-6,9H,3-4,7-8,10,19H2,1-2H3. The number of nitrogens with zero attached hydrogens (tertiary/aromatic N) is 1. The quantitative estimate of drug-likeness (QED) is 0.839. The molecule has 0 aromatic heterocycles. The van der Waals surface area contributed by atoms with Gasteiger partial charge in [0.25, 0.3) is 0 Å². The van der Waals surface area contributed by atoms with Crippen molar-refractivity contribution in [3.8, 4) is 0 Å². The van der Waals surface area contributed by atoms with E-state index in [1.165, 1.54) is 12.1 Å². The zero-order valence-electron chi connectivity index (χ0n) is 11.9. The van der Waals surface area contributed by atoms with Crippen molar-refractivity contribution >= 4 is 11.4 Å². The topological polar surface area (TPSA) is 29.3 Å². The number of anilines is 2. The predicted molar refractivity (Wildman–Crippen MR) is 75.7 cm³/mol. The Morgan fingerprint density at radius 3 is 2.40 bits per heavy atom. The van der Waals surface area contributed by atoms with Crippen molar-refractivity contribution < 1.29 is 13.2 Å². The second-order valence-electron chi connectivity index (χ2n) is 5.65. The molecule has 0 bridgehead atoms. The first-order valence-electron chi connectivity index (χ1n) is 7.03. The molecule has 2 rings (SSSR count). The van der Waals surface area contributed by atoms with Crippen molar-refractivity contribution in [1.29, 1.82) is 0 Å². The largest absolute Gasteiger partial charge is 0.418 e. The first kappa shape index (κ1) is 15.0. The fourth-order valence-corrected chi connectivity index (χ4v) is 2.97. The van der Waals surface area contributed by atoms with E-state index in [4.69, 9.17) is 5.73 Å². The number of hydrogen-bond acceptors (Lipinski definition) is 2. The van der Waals surface area contributed by atoms with Gasteiger partial charge in [-0.2, -0.15) is 13.2 Å². The second kappa shape index (κ2) is 5.19. The molecule has 0 unspecified atom stereocenters. The average molecular weight is 286 g/mol. The molecule has 0 amide bonds. The molecule has 0 aliphatic carbocycles. The van der Waals surface area contributed by atoms with Crippen LogP contribution in [0.3, 0.4) is 0 Å². The maximum Gasteiger partial charge on any atom is 0.418 e. The summed E-state index contributed by atoms with van der Waals surface area (Å²) in [6, 6.07) is 4.22. The lowest BCUT2D eigenvalue weighted by Gasteiger charge is -2.27. The molecule has 1 aliphatic rings. The van der Waals surface area contributed by atoms with Gasteiger partial charge in [-0.15, -0.1) is 0 Å². The SMILES string of the molecule is CCC1(CC)CCN(c2ccc(N)c(C(F)(F)F)c2)C1. The molecular formula is C15H21F3N2. The van der Waals surface area contributed by atoms with Crippen LogP contribution in [-0.4, -0.2) is 13.1 Å². The molecule has 1 aliphatic heterocycles. The molecular weight excluding hydrogens is 265 g/mol. The Balaban J connectivity index is 2.27. The van der Waals surface area contributed by atoms with Crippen molar-refractivity contribution in [1.82, 2.24) is 0 Å². The van der Waals surface area contributed by atoms with E-state index in [1.807, 2.05) is 4.90 Å². The Hall–Kier alpha value is -1.39. The van der Waals surface area contributed by atoms with E-state index in [-0.39, 0.29) is 11.1 Å². The van der Waals surface area contributed by atoms with Crippen LogP contribution < -0.4 is 10.6 Å². The van der Waals surface area contributed by atoms with Crippen LogP contribution in [0.2, 0.25) is 0 Å². The molecule has 5 heteroatoms. The molecule has 0 saturated carbocycles. The molecule has 1 heterocycles. The molecule has 20 heavy (non-hydrogen) atoms. The summed E-state index contributed by atoms with van der Waals surface area (Å²) in [5, 5.41) is 0. The molecule has 1 aromatic rings. The molecule has 112 valence electrons. The Kier molecular flexibility index (Phi) is 3.89. The lowest BCUT2D eigenvalue weighted by Crippen LogP contribution is -2.26. The summed E-state index contributed by atoms with van der Waals surface area (Å²) in [6.07, 6.45) is -1.25. The molecule has 0 radical (unpaired) electrons. The van der Waals surface area contributed by atoms with Gasteiger partial charge in [-0.25, -0.2) is 0 Å². The third-order valence-corrected chi connectivity index (χ3v) is 4.65. The van der Waals surface area contributed by atoms with E-state index in [9.17, 15) is 13.2 Å². The van der Waals surface area contributed by atoms with Crippen LogP contribution in [0.1, 0.15) is 38.7 Å². The number of nitrogen functional groups attached to an aromatic ring is 1. The van der Waals surface area contributed by atoms with Gasteiger partial charge < -0.3 is 10.6 Å². The Bertz CT molecular complexity index is 478. The van der Waals surface area contributed by atoms with Gasteiger partial charge >= 0.3 is 6.18 Å². The van der Waals surface area contributed by atoms with Crippen LogP contribution in [-0.2, 0) is 6.18 Å². The average Bonchev–Trinajstić information content (AvgIpc) is 2.83. The highest BCUT2D eigenvalue weighted by Gasteiger charge is 2.37. The van der Waals surface area contributed by atoms with Crippen LogP contribution in [0, 0.1) is 5.41 Å². The first-order valence-corrected chi connectivity index (χ1v) is 7.03. The van der Waals surface area contributed by atoms with E-state index in [1.54, 1.807) is 6.07 Å². The number of alkyl halides is 3. The Labute approximate surface area is 117 Å². The van der Waals surface area contributed by atoms with Gasteiger partial charge in [0.05, 0.1) is 5.56 Å². The minimum absolute atomic E-state index is 0.210. The minimum atomic E-state index is -4.40. The van der Waals surface area contributed by atoms with Gasteiger partial charge in [0.2, 0.25) is 0 Å². The number of nitrogens with two attached hydrogens (primary N) is 1. The van der Waals surface area contributed by atoms with Crippen LogP contribution in [0.25, 0.3) is 0 Å². The van der Waals surface area contributed by atoms with Gasteiger partial charge in [-0.1, -0.05) is 13.8 Å². The molecule has 2 N–H and O–H groups in total. The minimum Gasteiger partial charge on any atom is -0.398 e. The van der Waals surface area contributed by atoms with Gasteiger partial charge in [-0.3, -0.25) is 0 Å². The van der Waals surface area contributed by atoms with E-state index in [0.717, 1.165) is 32.4 Å². The zero-order valence-corrected chi connectivity index (χ0v) is 11.9. The molecule has 1 fully saturated rings. The van der Waals surface area contributed by atoms with E-state index >= 15 is 0 Å². The molecule has 0 spiro atoms. The first-order chi connectivity index (χ1) is 9.31. The van der Waals surface area contributed by atoms with Gasteiger partial charge in [0, 0.05) is 24.5 Å². The molecule has 1 saturated heterocycles. The van der Waals surface area contributed by atoms with Gasteiger partial charge in [0.15, 0.2) is 0 Å². The maximum absolute atomic E-state index is 12.9. The van der Waals surface area contributed by atoms with Gasteiger partial charge in [0.1, 0.15) is 0 Å². The maximum atomic E-state index is 12.9. The van der Waals surface area contributed by atoms with Crippen LogP contribution in [0.15, 0.2) is 18.2 Å². The molecule has 1 aromatic carbocycles. The smallest absolute Gasteiger partial charge is 0.398 e. The van der Waals surface area contributed by atoms with Gasteiger partial charge in [-0.05, 0) is 42.9 Å². The van der Waals surface area contributed by atoms with Crippen LogP contribution in [0.4, 0.5) is 24.5 Å². The van der Waals surface area contributed by atoms with Crippen molar-refractivity contribution in [2.75, 3.05) is 23.7 Å². The lowest BCUT2D eigenvalue weighted by atomic mass is 9.82. The summed E-state index contributed by atoms with van der Waals surface area (Å²) < 4.78 is 38.7. The van der Waals surface area contributed by atoms with Crippen LogP contribution >= 0.6 is 0 Å². The predicted octanol–water partition coefficient (Wildman–Crippen LogP) is 4.30. The normalized spacial score (nSPS) is 18.6. The Morgan fingerprint density at radius 2 is 1.90 bits per heavy atom. The number of rotatable bonds is 3. The summed E-state index contributed by atoms with van der Waals surface area (Å²) in [4.78, 5) is 2.04. The van der Waals surface area contributed by atoms with E-state index in [0.29, 0.717) is 5.69 Å². The number of hydrogen-bond donors (Lipinski definition) is 1. The third-order valence-electron chi connectivity index (χ3n) is 4.65. The number of benzene rings is 1. The highest BCUT2D eigenvalue weighted by atomic mass is 19.4. The highest BCUT2D eigenvalue weighted by Crippen LogP contribution is 2.41. The highest BCUT2D eigenvalue weighted by molar-refractivity contribution is 5.60. The summed E-state index contributed by atoms with van der Waals surface area (Å²) in [5.41, 5.74) is 5.35. The lowest BCUT2D eigenvalue weighted by molar-refractivity contribution is -0.136. The van der Waals surface area contributed by atoms with E-state index in [2.05, 4.69) is 13.8 Å². The second-order valence-corrected chi connectivity index (χ2v) is 5.65. The number of halogens is 3. The molecule has 0 atom stereocenters. The zero-order chi connectivity index (χ0) is 15.0. The van der Waals surface area contributed by atoms with Crippen molar-refractivity contribution in [3.63, 3.8) is 0 Å². The Morgan fingerprint density at radius 1 is 1.25 bits per heavy atom. The summed E-state index contributed by atoms with van der Waals surface area (Å²) >= 11 is 0. The monoisotopic (exact) mass is 286 g/mol. The fourth-order valence-electron chi connectivity index (χ4n) is 2.97. The van der Waals surface area contributed by atoms with E-state index < -0.39 is 11.7 Å². The van der Waals surface area contributed by atoms with Crippen molar-refractivity contribution in [2.45, 2.75) is 39.3 Å². The molecule has 2 nitrogen and oxygen atoms in total. The third kappa shape index (κ3) is 2.72. The van der Waals surface area contributed by atoms with Crippen molar-refractivity contribution in [2.24, 2.45) is 5.41 Å². The van der Waals surface area contributed by atoms with Crippen LogP contribution in [0.5, 0.6) is 0 Å². The summed E-state index contributed by atoms with van der Waals surface area (Å²) in [7, 11) is 0. The fraction of sp³-hybridized carbons (Fsp3) is 0.600. The van der Waals surface area contributed by atoms with Crippen molar-refractivity contribution in [3.05, 3.63) is 23.8 Å². The summed E-state index contributed by atoms with van der Waals surface area (Å²) in [5.74, 6) is 0. The summed E-state index contributed by atoms with van der Waals surface area (Å²) in [6.45, 7) is 5.93.